The summed E-state index contributed by atoms with van der Waals surface area (Å²) >= 11 is 0. The summed E-state index contributed by atoms with van der Waals surface area (Å²) in [5.74, 6) is -2.03. The normalized spacial score (nSPS) is 24.1. The molecular formula is C26H44N4O7. The van der Waals surface area contributed by atoms with E-state index in [0.717, 1.165) is 12.8 Å². The van der Waals surface area contributed by atoms with Crippen molar-refractivity contribution in [1.82, 2.24) is 21.3 Å². The number of hydrogen-bond acceptors (Lipinski definition) is 7. The van der Waals surface area contributed by atoms with Crippen LogP contribution in [0.15, 0.2) is 0 Å². The van der Waals surface area contributed by atoms with Crippen LogP contribution >= 0.6 is 0 Å². The lowest BCUT2D eigenvalue weighted by atomic mass is 9.89. The second-order valence-electron chi connectivity index (χ2n) is 12.1. The van der Waals surface area contributed by atoms with Gasteiger partial charge in [-0.1, -0.05) is 0 Å². The van der Waals surface area contributed by atoms with E-state index in [-0.39, 0.29) is 24.2 Å². The third-order valence-corrected chi connectivity index (χ3v) is 7.08. The molecule has 4 atom stereocenters. The fourth-order valence-electron chi connectivity index (χ4n) is 4.57. The van der Waals surface area contributed by atoms with Crippen molar-refractivity contribution in [2.24, 2.45) is 10.8 Å². The van der Waals surface area contributed by atoms with E-state index in [1.807, 2.05) is 0 Å². The number of ether oxygens (including phenoxy) is 2. The molecule has 2 saturated carbocycles. The van der Waals surface area contributed by atoms with Crippen LogP contribution < -0.4 is 21.3 Å². The van der Waals surface area contributed by atoms with E-state index in [2.05, 4.69) is 21.3 Å². The molecule has 0 aliphatic heterocycles. The molecule has 2 rings (SSSR count). The number of alkyl carbamates (subject to hydrolysis) is 1. The van der Waals surface area contributed by atoms with Gasteiger partial charge in [0.15, 0.2) is 0 Å². The molecule has 11 heteroatoms. The third kappa shape index (κ3) is 7.82. The Morgan fingerprint density at radius 1 is 0.595 bits per heavy atom. The standard InChI is InChI=1S/C26H44N4O7/c1-24(2,3)37-23(35)30-18-14-10-13-17(18)28-20(32)25(4,5)19(31)27-15-11-9-12-16(15)29-21(33)26(6,7)22(34)36-8/h15-18H,9-14H2,1-8H3,(H,27,31)(H,28,32)(H,29,33)(H,30,35)/t15-,16-,17-,18-/m0/s1. The Labute approximate surface area is 219 Å². The summed E-state index contributed by atoms with van der Waals surface area (Å²) in [6.45, 7) is 11.4. The third-order valence-electron chi connectivity index (χ3n) is 7.08. The maximum Gasteiger partial charge on any atom is 0.407 e. The zero-order chi connectivity index (χ0) is 28.2. The van der Waals surface area contributed by atoms with Crippen LogP contribution in [0.4, 0.5) is 4.79 Å². The fraction of sp³-hybridized carbons (Fsp3) is 0.808. The predicted octanol–water partition coefficient (Wildman–Crippen LogP) is 1.93. The molecule has 2 fully saturated rings. The molecule has 4 N–H and O–H groups in total. The minimum absolute atomic E-state index is 0.287. The molecule has 0 aromatic rings. The summed E-state index contributed by atoms with van der Waals surface area (Å²) in [6.07, 6.45) is 3.71. The number of carbonyl (C=O) groups is 5. The Hall–Kier alpha value is -2.85. The predicted molar refractivity (Wildman–Crippen MR) is 136 cm³/mol. The minimum atomic E-state index is -1.39. The zero-order valence-electron chi connectivity index (χ0n) is 23.4. The van der Waals surface area contributed by atoms with Crippen molar-refractivity contribution in [2.45, 2.75) is 117 Å². The van der Waals surface area contributed by atoms with Crippen molar-refractivity contribution in [3.63, 3.8) is 0 Å². The molecule has 11 nitrogen and oxygen atoms in total. The fourth-order valence-corrected chi connectivity index (χ4v) is 4.57. The highest BCUT2D eigenvalue weighted by molar-refractivity contribution is 6.04. The van der Waals surface area contributed by atoms with E-state index in [1.165, 1.54) is 21.0 Å². The number of methoxy groups -OCH3 is 1. The summed E-state index contributed by atoms with van der Waals surface area (Å²) in [7, 11) is 1.23. The summed E-state index contributed by atoms with van der Waals surface area (Å²) < 4.78 is 10.1. The van der Waals surface area contributed by atoms with Crippen molar-refractivity contribution < 1.29 is 33.4 Å². The van der Waals surface area contributed by atoms with Crippen LogP contribution in [0.5, 0.6) is 0 Å². The van der Waals surface area contributed by atoms with Gasteiger partial charge in [0.1, 0.15) is 16.4 Å². The van der Waals surface area contributed by atoms with Gasteiger partial charge in [0.05, 0.1) is 13.2 Å². The Kier molecular flexibility index (Phi) is 9.59. The van der Waals surface area contributed by atoms with Crippen LogP contribution in [0.3, 0.4) is 0 Å². The molecule has 4 amide bonds. The summed E-state index contributed by atoms with van der Waals surface area (Å²) in [5.41, 5.74) is -3.38. The summed E-state index contributed by atoms with van der Waals surface area (Å²) in [6, 6.07) is -1.34. The molecule has 0 bridgehead atoms. The maximum atomic E-state index is 13.2. The van der Waals surface area contributed by atoms with Crippen molar-refractivity contribution in [2.75, 3.05) is 7.11 Å². The van der Waals surface area contributed by atoms with E-state index in [9.17, 15) is 24.0 Å². The molecule has 0 aromatic heterocycles. The first-order valence-corrected chi connectivity index (χ1v) is 13.0. The Morgan fingerprint density at radius 3 is 1.30 bits per heavy atom. The highest BCUT2D eigenvalue weighted by Gasteiger charge is 2.43. The molecule has 0 heterocycles. The average molecular weight is 525 g/mol. The van der Waals surface area contributed by atoms with Crippen molar-refractivity contribution in [3.05, 3.63) is 0 Å². The van der Waals surface area contributed by atoms with E-state index in [1.54, 1.807) is 34.6 Å². The van der Waals surface area contributed by atoms with Crippen molar-refractivity contribution in [3.8, 4) is 0 Å². The van der Waals surface area contributed by atoms with E-state index in [4.69, 9.17) is 9.47 Å². The Morgan fingerprint density at radius 2 is 0.946 bits per heavy atom. The van der Waals surface area contributed by atoms with Crippen LogP contribution in [0.1, 0.15) is 87.0 Å². The first-order chi connectivity index (χ1) is 17.0. The molecule has 0 unspecified atom stereocenters. The van der Waals surface area contributed by atoms with Crippen molar-refractivity contribution >= 4 is 29.8 Å². The average Bonchev–Trinajstić information content (AvgIpc) is 3.40. The van der Waals surface area contributed by atoms with Gasteiger partial charge in [-0.3, -0.25) is 19.2 Å². The monoisotopic (exact) mass is 524 g/mol. The largest absolute Gasteiger partial charge is 0.468 e. The van der Waals surface area contributed by atoms with Gasteiger partial charge in [0.25, 0.3) is 0 Å². The molecule has 210 valence electrons. The van der Waals surface area contributed by atoms with E-state index < -0.39 is 46.2 Å². The van der Waals surface area contributed by atoms with Gasteiger partial charge in [-0.15, -0.1) is 0 Å². The van der Waals surface area contributed by atoms with Crippen molar-refractivity contribution in [1.29, 1.82) is 0 Å². The van der Waals surface area contributed by atoms with Crippen LogP contribution in [0, 0.1) is 10.8 Å². The van der Waals surface area contributed by atoms with Gasteiger partial charge < -0.3 is 30.7 Å². The number of carbonyl (C=O) groups excluding carboxylic acids is 5. The van der Waals surface area contributed by atoms with Crippen LogP contribution in [-0.2, 0) is 28.7 Å². The topological polar surface area (TPSA) is 152 Å². The quantitative estimate of drug-likeness (QED) is 0.280. The second kappa shape index (κ2) is 11.7. The first-order valence-electron chi connectivity index (χ1n) is 13.0. The summed E-state index contributed by atoms with van der Waals surface area (Å²) in [4.78, 5) is 63.2. The van der Waals surface area contributed by atoms with Gasteiger partial charge in [0, 0.05) is 18.1 Å². The molecule has 37 heavy (non-hydrogen) atoms. The maximum absolute atomic E-state index is 13.2. The lowest BCUT2D eigenvalue weighted by molar-refractivity contribution is -0.157. The van der Waals surface area contributed by atoms with Gasteiger partial charge in [-0.05, 0) is 87.0 Å². The van der Waals surface area contributed by atoms with Crippen LogP contribution in [0.2, 0.25) is 0 Å². The van der Waals surface area contributed by atoms with Gasteiger partial charge in [0.2, 0.25) is 17.7 Å². The number of esters is 1. The Balaban J connectivity index is 1.97. The Bertz CT molecular complexity index is 894. The number of amides is 4. The number of nitrogens with one attached hydrogen (secondary N) is 4. The van der Waals surface area contributed by atoms with E-state index in [0.29, 0.717) is 25.7 Å². The molecule has 0 saturated heterocycles. The molecule has 0 spiro atoms. The smallest absolute Gasteiger partial charge is 0.407 e. The molecule has 0 radical (unpaired) electrons. The molecule has 0 aromatic carbocycles. The summed E-state index contributed by atoms with van der Waals surface area (Å²) in [5, 5.41) is 11.5. The molecular weight excluding hydrogens is 480 g/mol. The minimum Gasteiger partial charge on any atom is -0.468 e. The van der Waals surface area contributed by atoms with Gasteiger partial charge in [-0.25, -0.2) is 4.79 Å². The lowest BCUT2D eigenvalue weighted by Gasteiger charge is -2.31. The number of hydrogen-bond donors (Lipinski definition) is 4. The second-order valence-corrected chi connectivity index (χ2v) is 12.1. The van der Waals surface area contributed by atoms with Crippen LogP contribution in [0.25, 0.3) is 0 Å². The zero-order valence-corrected chi connectivity index (χ0v) is 23.4. The SMILES string of the molecule is COC(=O)C(C)(C)C(=O)N[C@H]1CCC[C@@H]1NC(=O)C(C)(C)C(=O)N[C@H]1CCC[C@@H]1NC(=O)OC(C)(C)C. The van der Waals surface area contributed by atoms with E-state index >= 15 is 0 Å². The first kappa shape index (κ1) is 30.4. The molecule has 2 aliphatic rings. The molecule has 2 aliphatic carbocycles. The lowest BCUT2D eigenvalue weighted by Crippen LogP contribution is -2.58. The highest BCUT2D eigenvalue weighted by atomic mass is 16.6. The van der Waals surface area contributed by atoms with Gasteiger partial charge in [-0.2, -0.15) is 0 Å². The van der Waals surface area contributed by atoms with Crippen LogP contribution in [-0.4, -0.2) is 66.7 Å². The number of rotatable bonds is 8. The highest BCUT2D eigenvalue weighted by Crippen LogP contribution is 2.26. The van der Waals surface area contributed by atoms with Gasteiger partial charge >= 0.3 is 12.1 Å².